The van der Waals surface area contributed by atoms with Gasteiger partial charge in [-0.2, -0.15) is 0 Å². The lowest BCUT2D eigenvalue weighted by Gasteiger charge is -2.18. The van der Waals surface area contributed by atoms with Crippen LogP contribution in [0.25, 0.3) is 0 Å². The first kappa shape index (κ1) is 21.3. The van der Waals surface area contributed by atoms with Gasteiger partial charge < -0.3 is 25.2 Å². The van der Waals surface area contributed by atoms with Crippen LogP contribution in [0, 0.1) is 5.92 Å². The number of carbonyl (C=O) groups excluding carboxylic acids is 1. The van der Waals surface area contributed by atoms with Crippen molar-refractivity contribution in [3.63, 3.8) is 0 Å². The normalized spacial score (nSPS) is 19.3. The topological polar surface area (TPSA) is 94.9 Å². The molecule has 2 heterocycles. The molecule has 1 aromatic carbocycles. The van der Waals surface area contributed by atoms with Gasteiger partial charge in [0.15, 0.2) is 0 Å². The van der Waals surface area contributed by atoms with Gasteiger partial charge in [-0.15, -0.1) is 13.2 Å². The summed E-state index contributed by atoms with van der Waals surface area (Å²) in [5.74, 6) is -0.622. The maximum Gasteiger partial charge on any atom is 0.573 e. The van der Waals surface area contributed by atoms with Gasteiger partial charge in [0, 0.05) is 30.9 Å². The Bertz CT molecular complexity index is 880. The molecule has 1 aliphatic rings. The maximum absolute atomic E-state index is 12.4. The van der Waals surface area contributed by atoms with Gasteiger partial charge >= 0.3 is 6.36 Å². The van der Waals surface area contributed by atoms with E-state index < -0.39 is 24.1 Å². The van der Waals surface area contributed by atoms with Crippen LogP contribution in [-0.2, 0) is 0 Å². The minimum Gasteiger partial charge on any atom is -0.406 e. The second-order valence-corrected chi connectivity index (χ2v) is 7.33. The number of rotatable bonds is 5. The van der Waals surface area contributed by atoms with Crippen molar-refractivity contribution in [1.82, 2.24) is 4.98 Å². The average molecular weight is 476 g/mol. The van der Waals surface area contributed by atoms with Crippen molar-refractivity contribution < 1.29 is 32.9 Å². The van der Waals surface area contributed by atoms with Crippen LogP contribution in [0.1, 0.15) is 10.4 Å². The van der Waals surface area contributed by atoms with Gasteiger partial charge in [-0.05, 0) is 46.3 Å². The van der Waals surface area contributed by atoms with E-state index in [1.165, 1.54) is 18.3 Å². The van der Waals surface area contributed by atoms with E-state index in [-0.39, 0.29) is 23.8 Å². The lowest BCUT2D eigenvalue weighted by atomic mass is 10.1. The molecular formula is C18H17BrF3N3O4. The molecule has 1 fully saturated rings. The summed E-state index contributed by atoms with van der Waals surface area (Å²) in [6, 6.07) is 6.32. The number of benzene rings is 1. The minimum atomic E-state index is -4.78. The zero-order valence-corrected chi connectivity index (χ0v) is 16.4. The van der Waals surface area contributed by atoms with Crippen LogP contribution >= 0.6 is 15.9 Å². The molecule has 0 spiro atoms. The van der Waals surface area contributed by atoms with Crippen LogP contribution in [0.15, 0.2) is 41.0 Å². The summed E-state index contributed by atoms with van der Waals surface area (Å²) in [7, 11) is 0. The molecule has 29 heavy (non-hydrogen) atoms. The van der Waals surface area contributed by atoms with E-state index in [2.05, 4.69) is 31.0 Å². The monoisotopic (exact) mass is 475 g/mol. The molecule has 1 saturated heterocycles. The second kappa shape index (κ2) is 8.56. The molecule has 0 unspecified atom stereocenters. The molecular weight excluding hydrogens is 459 g/mol. The Labute approximate surface area is 172 Å². The summed E-state index contributed by atoms with van der Waals surface area (Å²) in [5, 5.41) is 21.7. The number of nitrogens with one attached hydrogen (secondary N) is 1. The maximum atomic E-state index is 12.4. The Kier molecular flexibility index (Phi) is 6.30. The average Bonchev–Trinajstić information content (AvgIpc) is 3.02. The van der Waals surface area contributed by atoms with Gasteiger partial charge in [0.25, 0.3) is 5.91 Å². The van der Waals surface area contributed by atoms with Crippen molar-refractivity contribution in [3.8, 4) is 5.75 Å². The summed E-state index contributed by atoms with van der Waals surface area (Å²) in [5.41, 5.74) is 0.521. The molecule has 3 N–H and O–H groups in total. The highest BCUT2D eigenvalue weighted by atomic mass is 79.9. The van der Waals surface area contributed by atoms with E-state index in [1.807, 2.05) is 0 Å². The largest absolute Gasteiger partial charge is 0.573 e. The first-order valence-corrected chi connectivity index (χ1v) is 9.32. The van der Waals surface area contributed by atoms with Crippen molar-refractivity contribution in [3.05, 3.63) is 46.6 Å². The van der Waals surface area contributed by atoms with E-state index in [9.17, 15) is 28.2 Å². The zero-order valence-electron chi connectivity index (χ0n) is 14.9. The minimum absolute atomic E-state index is 0.136. The molecule has 1 aliphatic heterocycles. The standard InChI is InChI=1S/C18H17BrF3N3O4/c19-14-5-10(6-23-16(14)25-7-11(9-26)15(27)8-25)17(28)24-12-1-3-13(4-2-12)29-18(20,21)22/h1-6,11,15,26-27H,7-9H2,(H,24,28)/t11-,15+/m0/s1. The highest BCUT2D eigenvalue weighted by Gasteiger charge is 2.32. The van der Waals surface area contributed by atoms with Gasteiger partial charge in [0.05, 0.1) is 22.7 Å². The molecule has 1 aromatic heterocycles. The third-order valence-corrected chi connectivity index (χ3v) is 4.95. The third kappa shape index (κ3) is 5.37. The number of aliphatic hydroxyl groups excluding tert-OH is 2. The number of carbonyl (C=O) groups is 1. The number of halogens is 4. The second-order valence-electron chi connectivity index (χ2n) is 6.47. The van der Waals surface area contributed by atoms with Gasteiger partial charge in [-0.3, -0.25) is 4.79 Å². The lowest BCUT2D eigenvalue weighted by molar-refractivity contribution is -0.274. The molecule has 1 amide bonds. The van der Waals surface area contributed by atoms with Crippen molar-refractivity contribution >= 4 is 33.3 Å². The number of aliphatic hydroxyl groups is 2. The van der Waals surface area contributed by atoms with Crippen LogP contribution in [0.3, 0.4) is 0 Å². The predicted octanol–water partition coefficient (Wildman–Crippen LogP) is 2.78. The van der Waals surface area contributed by atoms with E-state index in [1.54, 1.807) is 11.0 Å². The van der Waals surface area contributed by atoms with Crippen LogP contribution < -0.4 is 15.0 Å². The Balaban J connectivity index is 1.66. The fourth-order valence-electron chi connectivity index (χ4n) is 2.94. The van der Waals surface area contributed by atoms with Crippen molar-refractivity contribution in [1.29, 1.82) is 0 Å². The predicted molar refractivity (Wildman–Crippen MR) is 102 cm³/mol. The SMILES string of the molecule is O=C(Nc1ccc(OC(F)(F)F)cc1)c1cnc(N2C[C@@H](CO)[C@H](O)C2)c(Br)c1. The fraction of sp³-hybridized carbons (Fsp3) is 0.333. The number of aromatic nitrogens is 1. The lowest BCUT2D eigenvalue weighted by Crippen LogP contribution is -2.23. The summed E-state index contributed by atoms with van der Waals surface area (Å²) in [4.78, 5) is 18.5. The van der Waals surface area contributed by atoms with Crippen molar-refractivity contribution in [2.75, 3.05) is 29.9 Å². The van der Waals surface area contributed by atoms with Crippen LogP contribution in [0.2, 0.25) is 0 Å². The van der Waals surface area contributed by atoms with E-state index in [0.717, 1.165) is 12.1 Å². The number of pyridine rings is 1. The zero-order chi connectivity index (χ0) is 21.2. The fourth-order valence-corrected chi connectivity index (χ4v) is 3.54. The molecule has 0 bridgehead atoms. The first-order chi connectivity index (χ1) is 13.7. The Morgan fingerprint density at radius 2 is 2.00 bits per heavy atom. The summed E-state index contributed by atoms with van der Waals surface area (Å²) >= 11 is 3.36. The summed E-state index contributed by atoms with van der Waals surface area (Å²) < 4.78 is 40.9. The molecule has 11 heteroatoms. The van der Waals surface area contributed by atoms with Crippen LogP contribution in [-0.4, -0.2) is 53.3 Å². The van der Waals surface area contributed by atoms with Crippen LogP contribution in [0.5, 0.6) is 5.75 Å². The number of anilines is 2. The van der Waals surface area contributed by atoms with E-state index in [0.29, 0.717) is 23.4 Å². The first-order valence-electron chi connectivity index (χ1n) is 8.53. The number of hydrogen-bond acceptors (Lipinski definition) is 6. The molecule has 0 aliphatic carbocycles. The molecule has 0 radical (unpaired) electrons. The van der Waals surface area contributed by atoms with Gasteiger partial charge in [0.2, 0.25) is 0 Å². The Morgan fingerprint density at radius 3 is 2.55 bits per heavy atom. The van der Waals surface area contributed by atoms with E-state index >= 15 is 0 Å². The molecule has 3 rings (SSSR count). The number of ether oxygens (including phenoxy) is 1. The van der Waals surface area contributed by atoms with Crippen LogP contribution in [0.4, 0.5) is 24.7 Å². The Morgan fingerprint density at radius 1 is 1.31 bits per heavy atom. The molecule has 156 valence electrons. The van der Waals surface area contributed by atoms with Gasteiger partial charge in [0.1, 0.15) is 11.6 Å². The molecule has 2 atom stereocenters. The number of alkyl halides is 3. The van der Waals surface area contributed by atoms with Gasteiger partial charge in [-0.25, -0.2) is 4.98 Å². The quantitative estimate of drug-likeness (QED) is 0.615. The van der Waals surface area contributed by atoms with Crippen molar-refractivity contribution in [2.24, 2.45) is 5.92 Å². The molecule has 2 aromatic rings. The Hall–Kier alpha value is -2.37. The van der Waals surface area contributed by atoms with Gasteiger partial charge in [-0.1, -0.05) is 0 Å². The number of hydrogen-bond donors (Lipinski definition) is 3. The summed E-state index contributed by atoms with van der Waals surface area (Å²) in [6.45, 7) is 0.610. The molecule has 0 saturated carbocycles. The summed E-state index contributed by atoms with van der Waals surface area (Å²) in [6.07, 6.45) is -4.09. The number of amides is 1. The third-order valence-electron chi connectivity index (χ3n) is 4.37. The van der Waals surface area contributed by atoms with Crippen molar-refractivity contribution in [2.45, 2.75) is 12.5 Å². The smallest absolute Gasteiger partial charge is 0.406 e. The van der Waals surface area contributed by atoms with E-state index in [4.69, 9.17) is 0 Å². The highest BCUT2D eigenvalue weighted by Crippen LogP contribution is 2.30. The molecule has 7 nitrogen and oxygen atoms in total. The number of β-amino-alcohol motifs (C(OH)–C–C–N with tert-alkyl or cyclic N) is 1. The number of nitrogens with zero attached hydrogens (tertiary/aromatic N) is 2. The highest BCUT2D eigenvalue weighted by molar-refractivity contribution is 9.10.